The van der Waals surface area contributed by atoms with Crippen LogP contribution in [0.5, 0.6) is 17.2 Å². The second-order valence-electron chi connectivity index (χ2n) is 6.25. The third-order valence-electron chi connectivity index (χ3n) is 4.76. The number of hydrogen-bond donors (Lipinski definition) is 1. The molecule has 0 spiro atoms. The molecule has 0 amide bonds. The second-order valence-corrected chi connectivity index (χ2v) is 6.25. The van der Waals surface area contributed by atoms with Crippen LogP contribution in [0, 0.1) is 0 Å². The van der Waals surface area contributed by atoms with Crippen molar-refractivity contribution in [2.24, 2.45) is 0 Å². The molecule has 3 aromatic carbocycles. The molecule has 0 radical (unpaired) electrons. The zero-order chi connectivity index (χ0) is 17.2. The number of benzene rings is 3. The standard InChI is InChI=1S/C22H20O3/c1-24-16-10-12-17(13-11-16)25-21-9-5-8-18-19(14-20(23)22(18)21)15-6-3-2-4-7-15/h2-13,19-20,23H,14H2,1H3/t19-,20+/m0/s1. The fourth-order valence-electron chi connectivity index (χ4n) is 3.55. The van der Waals surface area contributed by atoms with Crippen LogP contribution in [-0.2, 0) is 0 Å². The molecule has 2 atom stereocenters. The maximum atomic E-state index is 10.7. The molecular weight excluding hydrogens is 312 g/mol. The zero-order valence-electron chi connectivity index (χ0n) is 14.1. The number of aliphatic hydroxyl groups is 1. The van der Waals surface area contributed by atoms with Gasteiger partial charge in [-0.25, -0.2) is 0 Å². The fourth-order valence-corrected chi connectivity index (χ4v) is 3.55. The summed E-state index contributed by atoms with van der Waals surface area (Å²) in [4.78, 5) is 0. The quantitative estimate of drug-likeness (QED) is 0.726. The van der Waals surface area contributed by atoms with E-state index in [1.165, 1.54) is 5.56 Å². The molecule has 0 saturated carbocycles. The van der Waals surface area contributed by atoms with E-state index in [4.69, 9.17) is 9.47 Å². The van der Waals surface area contributed by atoms with Gasteiger partial charge in [-0.05, 0) is 47.9 Å². The van der Waals surface area contributed by atoms with E-state index in [9.17, 15) is 5.11 Å². The van der Waals surface area contributed by atoms with Gasteiger partial charge in [0.1, 0.15) is 17.2 Å². The lowest BCUT2D eigenvalue weighted by Gasteiger charge is -2.14. The Balaban J connectivity index is 1.68. The van der Waals surface area contributed by atoms with Crippen LogP contribution in [-0.4, -0.2) is 12.2 Å². The number of ether oxygens (including phenoxy) is 2. The summed E-state index contributed by atoms with van der Waals surface area (Å²) in [5, 5.41) is 10.7. The average Bonchev–Trinajstić information content (AvgIpc) is 3.01. The molecule has 4 rings (SSSR count). The predicted molar refractivity (Wildman–Crippen MR) is 97.4 cm³/mol. The van der Waals surface area contributed by atoms with Gasteiger partial charge in [0.15, 0.2) is 0 Å². The van der Waals surface area contributed by atoms with Gasteiger partial charge in [-0.2, -0.15) is 0 Å². The Morgan fingerprint density at radius 3 is 2.28 bits per heavy atom. The number of fused-ring (bicyclic) bond motifs is 1. The van der Waals surface area contributed by atoms with E-state index in [1.54, 1.807) is 7.11 Å². The molecule has 3 nitrogen and oxygen atoms in total. The first-order chi connectivity index (χ1) is 12.3. The molecule has 0 aromatic heterocycles. The summed E-state index contributed by atoms with van der Waals surface area (Å²) in [6.07, 6.45) is 0.164. The molecule has 0 fully saturated rings. The first-order valence-corrected chi connectivity index (χ1v) is 8.44. The molecule has 0 bridgehead atoms. The van der Waals surface area contributed by atoms with Gasteiger partial charge in [0, 0.05) is 11.5 Å². The van der Waals surface area contributed by atoms with Crippen molar-refractivity contribution in [3.63, 3.8) is 0 Å². The minimum absolute atomic E-state index is 0.200. The summed E-state index contributed by atoms with van der Waals surface area (Å²) < 4.78 is 11.2. The van der Waals surface area contributed by atoms with Crippen LogP contribution in [0.1, 0.15) is 35.1 Å². The van der Waals surface area contributed by atoms with Crippen molar-refractivity contribution >= 4 is 0 Å². The Kier molecular flexibility index (Phi) is 4.16. The SMILES string of the molecule is COc1ccc(Oc2cccc3c2[C@H](O)C[C@H]3c2ccccc2)cc1. The van der Waals surface area contributed by atoms with Gasteiger partial charge in [-0.15, -0.1) is 0 Å². The van der Waals surface area contributed by atoms with E-state index in [1.807, 2.05) is 54.6 Å². The smallest absolute Gasteiger partial charge is 0.133 e. The van der Waals surface area contributed by atoms with Crippen LogP contribution >= 0.6 is 0 Å². The molecular formula is C22H20O3. The van der Waals surface area contributed by atoms with E-state index in [0.717, 1.165) is 22.6 Å². The molecule has 0 unspecified atom stereocenters. The molecule has 1 aliphatic rings. The van der Waals surface area contributed by atoms with E-state index in [0.29, 0.717) is 12.2 Å². The van der Waals surface area contributed by atoms with Gasteiger partial charge < -0.3 is 14.6 Å². The Morgan fingerprint density at radius 1 is 0.840 bits per heavy atom. The van der Waals surface area contributed by atoms with Crippen molar-refractivity contribution in [2.75, 3.05) is 7.11 Å². The monoisotopic (exact) mass is 332 g/mol. The van der Waals surface area contributed by atoms with E-state index in [-0.39, 0.29) is 5.92 Å². The highest BCUT2D eigenvalue weighted by Crippen LogP contribution is 2.48. The highest BCUT2D eigenvalue weighted by atomic mass is 16.5. The van der Waals surface area contributed by atoms with Crippen molar-refractivity contribution in [3.05, 3.63) is 89.5 Å². The van der Waals surface area contributed by atoms with Crippen LogP contribution in [0.2, 0.25) is 0 Å². The Morgan fingerprint density at radius 2 is 1.56 bits per heavy atom. The third-order valence-corrected chi connectivity index (χ3v) is 4.76. The van der Waals surface area contributed by atoms with Gasteiger partial charge in [-0.1, -0.05) is 42.5 Å². The number of rotatable bonds is 4. The van der Waals surface area contributed by atoms with Crippen LogP contribution in [0.3, 0.4) is 0 Å². The lowest BCUT2D eigenvalue weighted by atomic mass is 9.93. The zero-order valence-corrected chi connectivity index (χ0v) is 14.1. The van der Waals surface area contributed by atoms with Gasteiger partial charge in [-0.3, -0.25) is 0 Å². The first kappa shape index (κ1) is 15.7. The molecule has 1 N–H and O–H groups in total. The van der Waals surface area contributed by atoms with Gasteiger partial charge in [0.05, 0.1) is 13.2 Å². The number of aliphatic hydroxyl groups excluding tert-OH is 1. The lowest BCUT2D eigenvalue weighted by molar-refractivity contribution is 0.173. The highest BCUT2D eigenvalue weighted by molar-refractivity contribution is 5.52. The van der Waals surface area contributed by atoms with E-state index >= 15 is 0 Å². The van der Waals surface area contributed by atoms with Crippen LogP contribution in [0.15, 0.2) is 72.8 Å². The van der Waals surface area contributed by atoms with E-state index in [2.05, 4.69) is 18.2 Å². The Bertz CT molecular complexity index is 856. The number of methoxy groups -OCH3 is 1. The van der Waals surface area contributed by atoms with E-state index < -0.39 is 6.10 Å². The summed E-state index contributed by atoms with van der Waals surface area (Å²) in [7, 11) is 1.64. The molecule has 1 aliphatic carbocycles. The van der Waals surface area contributed by atoms with Crippen molar-refractivity contribution < 1.29 is 14.6 Å². The third kappa shape index (κ3) is 2.99. The largest absolute Gasteiger partial charge is 0.497 e. The molecule has 3 heteroatoms. The normalized spacial score (nSPS) is 18.6. The molecule has 3 aromatic rings. The van der Waals surface area contributed by atoms with Crippen molar-refractivity contribution in [1.29, 1.82) is 0 Å². The Labute approximate surface area is 147 Å². The molecule has 0 saturated heterocycles. The van der Waals surface area contributed by atoms with Crippen LogP contribution < -0.4 is 9.47 Å². The van der Waals surface area contributed by atoms with Gasteiger partial charge in [0.25, 0.3) is 0 Å². The first-order valence-electron chi connectivity index (χ1n) is 8.44. The molecule has 126 valence electrons. The van der Waals surface area contributed by atoms with Crippen molar-refractivity contribution in [3.8, 4) is 17.2 Å². The maximum absolute atomic E-state index is 10.7. The molecule has 0 heterocycles. The average molecular weight is 332 g/mol. The number of hydrogen-bond acceptors (Lipinski definition) is 3. The second kappa shape index (κ2) is 6.61. The maximum Gasteiger partial charge on any atom is 0.133 e. The lowest BCUT2D eigenvalue weighted by Crippen LogP contribution is -1.96. The van der Waals surface area contributed by atoms with Gasteiger partial charge >= 0.3 is 0 Å². The minimum atomic E-state index is -0.519. The minimum Gasteiger partial charge on any atom is -0.497 e. The van der Waals surface area contributed by atoms with Crippen LogP contribution in [0.25, 0.3) is 0 Å². The molecule has 0 aliphatic heterocycles. The van der Waals surface area contributed by atoms with Crippen LogP contribution in [0.4, 0.5) is 0 Å². The Hall–Kier alpha value is -2.78. The fraction of sp³-hybridized carbons (Fsp3) is 0.182. The molecule has 25 heavy (non-hydrogen) atoms. The summed E-state index contributed by atoms with van der Waals surface area (Å²) >= 11 is 0. The highest BCUT2D eigenvalue weighted by Gasteiger charge is 2.33. The van der Waals surface area contributed by atoms with Gasteiger partial charge in [0.2, 0.25) is 0 Å². The predicted octanol–water partition coefficient (Wildman–Crippen LogP) is 5.06. The summed E-state index contributed by atoms with van der Waals surface area (Å²) in [5.41, 5.74) is 3.26. The van der Waals surface area contributed by atoms with Crippen molar-refractivity contribution in [1.82, 2.24) is 0 Å². The summed E-state index contributed by atoms with van der Waals surface area (Å²) in [6, 6.07) is 23.8. The summed E-state index contributed by atoms with van der Waals surface area (Å²) in [6.45, 7) is 0. The van der Waals surface area contributed by atoms with Crippen molar-refractivity contribution in [2.45, 2.75) is 18.4 Å². The topological polar surface area (TPSA) is 38.7 Å². The summed E-state index contributed by atoms with van der Waals surface area (Å²) in [5.74, 6) is 2.43.